The van der Waals surface area contributed by atoms with Gasteiger partial charge >= 0.3 is 6.18 Å². The first kappa shape index (κ1) is 23.7. The van der Waals surface area contributed by atoms with Crippen molar-refractivity contribution in [3.8, 4) is 11.4 Å². The van der Waals surface area contributed by atoms with E-state index in [0.29, 0.717) is 10.7 Å². The Morgan fingerprint density at radius 2 is 1.88 bits per heavy atom. The molecule has 2 unspecified atom stereocenters. The second-order valence-electron chi connectivity index (χ2n) is 7.62. The number of hydrogen-bond donors (Lipinski definition) is 2. The van der Waals surface area contributed by atoms with Crippen molar-refractivity contribution in [2.75, 3.05) is 18.1 Å². The Morgan fingerprint density at radius 1 is 1.21 bits per heavy atom. The molecule has 0 bridgehead atoms. The Bertz CT molecular complexity index is 1180. The van der Waals surface area contributed by atoms with E-state index in [2.05, 4.69) is 15.5 Å². The molecule has 2 N–H and O–H groups in total. The zero-order chi connectivity index (χ0) is 24.5. The minimum Gasteiger partial charge on any atom is -0.394 e. The Hall–Kier alpha value is -3.44. The molecule has 0 aliphatic carbocycles. The molecule has 12 heteroatoms. The summed E-state index contributed by atoms with van der Waals surface area (Å²) in [7, 11) is 0. The van der Waals surface area contributed by atoms with Crippen LogP contribution in [-0.2, 0) is 15.8 Å². The molecule has 2 amide bonds. The van der Waals surface area contributed by atoms with Crippen LogP contribution in [-0.4, -0.2) is 40.2 Å². The molecule has 0 radical (unpaired) electrons. The van der Waals surface area contributed by atoms with Gasteiger partial charge in [-0.15, -0.1) is 0 Å². The maximum atomic E-state index is 13.4. The van der Waals surface area contributed by atoms with Gasteiger partial charge in [0.1, 0.15) is 6.04 Å². The van der Waals surface area contributed by atoms with Gasteiger partial charge in [0.15, 0.2) is 0 Å². The van der Waals surface area contributed by atoms with E-state index < -0.39 is 36.2 Å². The van der Waals surface area contributed by atoms with Gasteiger partial charge in [0.05, 0.1) is 18.1 Å². The maximum absolute atomic E-state index is 13.4. The monoisotopic (exact) mass is 494 g/mol. The molecular formula is C22H18ClF3N4O4. The fraction of sp³-hybridized carbons (Fsp3) is 0.273. The average Bonchev–Trinajstić information content (AvgIpc) is 3.47. The molecular weight excluding hydrogens is 477 g/mol. The number of benzene rings is 2. The Morgan fingerprint density at radius 3 is 2.44 bits per heavy atom. The fourth-order valence-corrected chi connectivity index (χ4v) is 3.73. The van der Waals surface area contributed by atoms with Crippen LogP contribution < -0.4 is 10.2 Å². The average molecular weight is 495 g/mol. The van der Waals surface area contributed by atoms with Crippen LogP contribution in [0.25, 0.3) is 11.4 Å². The van der Waals surface area contributed by atoms with E-state index in [9.17, 15) is 27.9 Å². The number of alkyl halides is 3. The van der Waals surface area contributed by atoms with Crippen molar-refractivity contribution in [3.63, 3.8) is 0 Å². The molecule has 2 atom stereocenters. The van der Waals surface area contributed by atoms with Gasteiger partial charge in [-0.1, -0.05) is 28.9 Å². The van der Waals surface area contributed by atoms with Crippen molar-refractivity contribution in [2.24, 2.45) is 5.92 Å². The van der Waals surface area contributed by atoms with E-state index in [4.69, 9.17) is 16.1 Å². The topological polar surface area (TPSA) is 109 Å². The van der Waals surface area contributed by atoms with E-state index in [1.807, 2.05) is 0 Å². The predicted octanol–water partition coefficient (Wildman–Crippen LogP) is 3.61. The molecule has 178 valence electrons. The molecule has 1 aromatic heterocycles. The van der Waals surface area contributed by atoms with Gasteiger partial charge in [0.2, 0.25) is 17.6 Å². The lowest BCUT2D eigenvalue weighted by Gasteiger charge is -2.30. The maximum Gasteiger partial charge on any atom is 0.416 e. The number of aliphatic hydroxyl groups excluding tert-OH is 1. The second-order valence-corrected chi connectivity index (χ2v) is 8.06. The van der Waals surface area contributed by atoms with Crippen LogP contribution in [0.3, 0.4) is 0 Å². The van der Waals surface area contributed by atoms with Crippen molar-refractivity contribution in [1.82, 2.24) is 15.5 Å². The summed E-state index contributed by atoms with van der Waals surface area (Å²) in [5, 5.41) is 17.0. The van der Waals surface area contributed by atoms with Gasteiger partial charge in [0.25, 0.3) is 5.89 Å². The first-order chi connectivity index (χ1) is 16.2. The van der Waals surface area contributed by atoms with Gasteiger partial charge in [-0.3, -0.25) is 14.5 Å². The summed E-state index contributed by atoms with van der Waals surface area (Å²) in [6, 6.07) is 9.33. The summed E-state index contributed by atoms with van der Waals surface area (Å²) >= 11 is 5.96. The number of halogens is 4. The van der Waals surface area contributed by atoms with Gasteiger partial charge < -0.3 is 14.9 Å². The highest BCUT2D eigenvalue weighted by Gasteiger charge is 2.38. The Labute approximate surface area is 196 Å². The zero-order valence-corrected chi connectivity index (χ0v) is 18.2. The number of rotatable bonds is 6. The number of carbonyl (C=O) groups is 2. The number of carbonyl (C=O) groups excluding carboxylic acids is 2. The normalized spacial score (nSPS) is 16.9. The summed E-state index contributed by atoms with van der Waals surface area (Å²) in [5.41, 5.74) is -0.191. The lowest BCUT2D eigenvalue weighted by atomic mass is 10.0. The molecule has 0 spiro atoms. The molecule has 34 heavy (non-hydrogen) atoms. The van der Waals surface area contributed by atoms with Crippen LogP contribution in [0.15, 0.2) is 53.1 Å². The summed E-state index contributed by atoms with van der Waals surface area (Å²) < 4.78 is 43.8. The Kier molecular flexibility index (Phi) is 6.58. The summed E-state index contributed by atoms with van der Waals surface area (Å²) in [6.45, 7) is -0.461. The predicted molar refractivity (Wildman–Crippen MR) is 115 cm³/mol. The Balaban J connectivity index is 1.67. The highest BCUT2D eigenvalue weighted by molar-refractivity contribution is 6.30. The second kappa shape index (κ2) is 9.43. The lowest BCUT2D eigenvalue weighted by Crippen LogP contribution is -2.41. The smallest absolute Gasteiger partial charge is 0.394 e. The van der Waals surface area contributed by atoms with Crippen LogP contribution in [0.5, 0.6) is 0 Å². The zero-order valence-electron chi connectivity index (χ0n) is 17.4. The van der Waals surface area contributed by atoms with Crippen LogP contribution in [0.2, 0.25) is 5.02 Å². The molecule has 1 saturated heterocycles. The van der Waals surface area contributed by atoms with Crippen molar-refractivity contribution >= 4 is 29.1 Å². The molecule has 1 aliphatic rings. The van der Waals surface area contributed by atoms with E-state index in [0.717, 1.165) is 12.1 Å². The quantitative estimate of drug-likeness (QED) is 0.542. The largest absolute Gasteiger partial charge is 0.416 e. The minimum atomic E-state index is -4.49. The molecule has 4 rings (SSSR count). The summed E-state index contributed by atoms with van der Waals surface area (Å²) in [6.07, 6.45) is -4.50. The molecule has 2 aromatic carbocycles. The van der Waals surface area contributed by atoms with Crippen LogP contribution in [0.1, 0.15) is 23.9 Å². The molecule has 8 nitrogen and oxygen atoms in total. The molecule has 3 aromatic rings. The van der Waals surface area contributed by atoms with Gasteiger partial charge in [-0.2, -0.15) is 18.2 Å². The standard InChI is InChI=1S/C22H18ClF3N4O4/c23-15-5-7-16(8-6-15)30(21(33)13-9-18(32)27-10-13)17(11-31)20-28-19(29-34-20)12-1-3-14(4-2-12)22(24,25)26/h1-8,13,17,31H,9-11H2,(H,27,32). The minimum absolute atomic E-state index is 0.0107. The number of aliphatic hydroxyl groups is 1. The van der Waals surface area contributed by atoms with E-state index in [-0.39, 0.29) is 36.2 Å². The molecule has 2 heterocycles. The van der Waals surface area contributed by atoms with Crippen molar-refractivity contribution < 1.29 is 32.4 Å². The first-order valence-electron chi connectivity index (χ1n) is 10.1. The highest BCUT2D eigenvalue weighted by Crippen LogP contribution is 2.33. The van der Waals surface area contributed by atoms with Gasteiger partial charge in [-0.25, -0.2) is 0 Å². The SMILES string of the molecule is O=C1CC(C(=O)N(c2ccc(Cl)cc2)C(CO)c2nc(-c3ccc(C(F)(F)F)cc3)no2)CN1. The fourth-order valence-electron chi connectivity index (χ4n) is 3.61. The van der Waals surface area contributed by atoms with Crippen LogP contribution in [0.4, 0.5) is 18.9 Å². The van der Waals surface area contributed by atoms with Crippen molar-refractivity contribution in [2.45, 2.75) is 18.6 Å². The summed E-state index contributed by atoms with van der Waals surface area (Å²) in [5.74, 6) is -1.53. The highest BCUT2D eigenvalue weighted by atomic mass is 35.5. The molecule has 1 aliphatic heterocycles. The van der Waals surface area contributed by atoms with E-state index in [1.165, 1.54) is 17.0 Å². The number of amides is 2. The van der Waals surface area contributed by atoms with E-state index >= 15 is 0 Å². The number of anilines is 1. The van der Waals surface area contributed by atoms with Crippen molar-refractivity contribution in [3.05, 3.63) is 65.0 Å². The van der Waals surface area contributed by atoms with Crippen LogP contribution in [0, 0.1) is 5.92 Å². The van der Waals surface area contributed by atoms with Crippen LogP contribution >= 0.6 is 11.6 Å². The molecule has 1 fully saturated rings. The number of nitrogens with one attached hydrogen (secondary N) is 1. The van der Waals surface area contributed by atoms with Crippen molar-refractivity contribution in [1.29, 1.82) is 0 Å². The number of nitrogens with zero attached hydrogens (tertiary/aromatic N) is 3. The number of hydrogen-bond acceptors (Lipinski definition) is 6. The third kappa shape index (κ3) is 4.90. The number of aromatic nitrogens is 2. The van der Waals surface area contributed by atoms with Gasteiger partial charge in [-0.05, 0) is 36.4 Å². The third-order valence-corrected chi connectivity index (χ3v) is 5.60. The first-order valence-corrected chi connectivity index (χ1v) is 10.5. The molecule has 0 saturated carbocycles. The summed E-state index contributed by atoms with van der Waals surface area (Å²) in [4.78, 5) is 30.5. The van der Waals surface area contributed by atoms with E-state index in [1.54, 1.807) is 24.3 Å². The third-order valence-electron chi connectivity index (χ3n) is 5.35. The van der Waals surface area contributed by atoms with Gasteiger partial charge in [0, 0.05) is 29.2 Å². The lowest BCUT2D eigenvalue weighted by molar-refractivity contribution is -0.137.